The van der Waals surface area contributed by atoms with Crippen LogP contribution in [0.15, 0.2) is 48.0 Å². The first-order valence-corrected chi connectivity index (χ1v) is 9.25. The van der Waals surface area contributed by atoms with E-state index in [1.807, 2.05) is 31.2 Å². The summed E-state index contributed by atoms with van der Waals surface area (Å²) in [5.74, 6) is -0.571. The third-order valence-electron chi connectivity index (χ3n) is 5.08. The maximum absolute atomic E-state index is 12.9. The SMILES string of the molecule is COCCN1C(=O)C(=O)/C(=C(\O)c2ccc3c(c2)OCO3)C1c1cccc(C)c1. The average molecular weight is 395 g/mol. The highest BCUT2D eigenvalue weighted by Crippen LogP contribution is 2.41. The van der Waals surface area contributed by atoms with E-state index in [2.05, 4.69) is 0 Å². The largest absolute Gasteiger partial charge is 0.507 e. The van der Waals surface area contributed by atoms with Crippen LogP contribution in [0.25, 0.3) is 5.76 Å². The van der Waals surface area contributed by atoms with E-state index in [0.29, 0.717) is 17.1 Å². The molecule has 0 saturated carbocycles. The van der Waals surface area contributed by atoms with E-state index in [1.165, 1.54) is 12.0 Å². The fourth-order valence-electron chi connectivity index (χ4n) is 3.69. The Kier molecular flexibility index (Phi) is 4.98. The monoisotopic (exact) mass is 395 g/mol. The Bertz CT molecular complexity index is 1010. The van der Waals surface area contributed by atoms with Gasteiger partial charge in [0.1, 0.15) is 5.76 Å². The van der Waals surface area contributed by atoms with E-state index < -0.39 is 17.7 Å². The van der Waals surface area contributed by atoms with E-state index in [9.17, 15) is 14.7 Å². The summed E-state index contributed by atoms with van der Waals surface area (Å²) in [6.07, 6.45) is 0. The van der Waals surface area contributed by atoms with Crippen LogP contribution in [-0.2, 0) is 14.3 Å². The Morgan fingerprint density at radius 2 is 1.97 bits per heavy atom. The maximum Gasteiger partial charge on any atom is 0.295 e. The number of carbonyl (C=O) groups excluding carboxylic acids is 2. The van der Waals surface area contributed by atoms with Gasteiger partial charge in [-0.1, -0.05) is 29.8 Å². The number of ether oxygens (including phenoxy) is 3. The van der Waals surface area contributed by atoms with Crippen LogP contribution in [0.3, 0.4) is 0 Å². The van der Waals surface area contributed by atoms with Crippen LogP contribution in [-0.4, -0.2) is 48.8 Å². The number of carbonyl (C=O) groups is 2. The van der Waals surface area contributed by atoms with Crippen molar-refractivity contribution in [1.82, 2.24) is 4.90 Å². The molecule has 7 heteroatoms. The highest BCUT2D eigenvalue weighted by atomic mass is 16.7. The van der Waals surface area contributed by atoms with Gasteiger partial charge in [-0.05, 0) is 30.7 Å². The maximum atomic E-state index is 12.9. The summed E-state index contributed by atoms with van der Waals surface area (Å²) < 4.78 is 15.8. The number of Topliss-reactive ketones (excluding diaryl/α,β-unsaturated/α-hetero) is 1. The van der Waals surface area contributed by atoms with Crippen LogP contribution >= 0.6 is 0 Å². The molecule has 0 bridgehead atoms. The molecule has 0 aliphatic carbocycles. The van der Waals surface area contributed by atoms with E-state index in [0.717, 1.165) is 11.1 Å². The molecule has 0 spiro atoms. The van der Waals surface area contributed by atoms with Gasteiger partial charge in [-0.2, -0.15) is 0 Å². The molecule has 1 N–H and O–H groups in total. The predicted octanol–water partition coefficient (Wildman–Crippen LogP) is 2.79. The lowest BCUT2D eigenvalue weighted by atomic mass is 9.94. The molecular formula is C22H21NO6. The van der Waals surface area contributed by atoms with E-state index >= 15 is 0 Å². The highest BCUT2D eigenvalue weighted by Gasteiger charge is 2.46. The van der Waals surface area contributed by atoms with Gasteiger partial charge < -0.3 is 24.2 Å². The van der Waals surface area contributed by atoms with Gasteiger partial charge >= 0.3 is 0 Å². The minimum atomic E-state index is -0.720. The standard InChI is InChI=1S/C22H21NO6/c1-13-4-3-5-14(10-13)19-18(21(25)22(26)23(19)8-9-27-2)20(24)15-6-7-16-17(11-15)29-12-28-16/h3-7,10-11,19,24H,8-9,12H2,1-2H3/b20-18-. The first-order chi connectivity index (χ1) is 14.0. The number of methoxy groups -OCH3 is 1. The van der Waals surface area contributed by atoms with Crippen LogP contribution in [0.5, 0.6) is 11.5 Å². The summed E-state index contributed by atoms with van der Waals surface area (Å²) in [7, 11) is 1.53. The smallest absolute Gasteiger partial charge is 0.295 e. The molecule has 150 valence electrons. The molecule has 1 saturated heterocycles. The summed E-state index contributed by atoms with van der Waals surface area (Å²) in [5, 5.41) is 11.0. The summed E-state index contributed by atoms with van der Waals surface area (Å²) >= 11 is 0. The number of likely N-dealkylation sites (tertiary alicyclic amines) is 1. The van der Waals surface area contributed by atoms with E-state index in [4.69, 9.17) is 14.2 Å². The summed E-state index contributed by atoms with van der Waals surface area (Å²) in [6, 6.07) is 11.8. The fourth-order valence-corrected chi connectivity index (χ4v) is 3.69. The van der Waals surface area contributed by atoms with Gasteiger partial charge in [0, 0.05) is 19.2 Å². The second kappa shape index (κ2) is 7.60. The fraction of sp³-hybridized carbons (Fsp3) is 0.273. The second-order valence-corrected chi connectivity index (χ2v) is 6.97. The number of aliphatic hydroxyl groups excluding tert-OH is 1. The van der Waals surface area contributed by atoms with Crippen molar-refractivity contribution in [3.63, 3.8) is 0 Å². The van der Waals surface area contributed by atoms with Crippen molar-refractivity contribution in [3.8, 4) is 11.5 Å². The van der Waals surface area contributed by atoms with Gasteiger partial charge in [0.2, 0.25) is 6.79 Å². The molecule has 2 aliphatic heterocycles. The molecular weight excluding hydrogens is 374 g/mol. The zero-order valence-electron chi connectivity index (χ0n) is 16.2. The van der Waals surface area contributed by atoms with Gasteiger partial charge in [-0.15, -0.1) is 0 Å². The van der Waals surface area contributed by atoms with E-state index in [-0.39, 0.29) is 31.3 Å². The van der Waals surface area contributed by atoms with Gasteiger partial charge in [0.25, 0.3) is 11.7 Å². The molecule has 29 heavy (non-hydrogen) atoms. The van der Waals surface area contributed by atoms with Crippen LogP contribution < -0.4 is 9.47 Å². The number of fused-ring (bicyclic) bond motifs is 1. The number of benzene rings is 2. The van der Waals surface area contributed by atoms with Gasteiger partial charge in [0.15, 0.2) is 11.5 Å². The van der Waals surface area contributed by atoms with Crippen LogP contribution in [0, 0.1) is 6.92 Å². The third-order valence-corrected chi connectivity index (χ3v) is 5.08. The molecule has 1 unspecified atom stereocenters. The van der Waals surface area contributed by atoms with Gasteiger partial charge in [-0.3, -0.25) is 9.59 Å². The Hall–Kier alpha value is -3.32. The van der Waals surface area contributed by atoms with Crippen molar-refractivity contribution in [2.24, 2.45) is 0 Å². The number of amides is 1. The second-order valence-electron chi connectivity index (χ2n) is 6.97. The average Bonchev–Trinajstić information content (AvgIpc) is 3.28. The Morgan fingerprint density at radius 1 is 1.17 bits per heavy atom. The summed E-state index contributed by atoms with van der Waals surface area (Å²) in [6.45, 7) is 2.55. The molecule has 4 rings (SSSR count). The first kappa shape index (κ1) is 19.0. The Balaban J connectivity index is 1.85. The summed E-state index contributed by atoms with van der Waals surface area (Å²) in [4.78, 5) is 27.1. The minimum Gasteiger partial charge on any atom is -0.507 e. The van der Waals surface area contributed by atoms with Gasteiger partial charge in [0.05, 0.1) is 18.2 Å². The molecule has 1 amide bonds. The normalized spacial score (nSPS) is 19.8. The quantitative estimate of drug-likeness (QED) is 0.476. The summed E-state index contributed by atoms with van der Waals surface area (Å²) in [5.41, 5.74) is 2.18. The van der Waals surface area contributed by atoms with Crippen molar-refractivity contribution < 1.29 is 28.9 Å². The Morgan fingerprint density at radius 3 is 2.72 bits per heavy atom. The van der Waals surface area contributed by atoms with E-state index in [1.54, 1.807) is 18.2 Å². The zero-order valence-corrected chi connectivity index (χ0v) is 16.2. The molecule has 2 heterocycles. The van der Waals surface area contributed by atoms with Crippen LogP contribution in [0.2, 0.25) is 0 Å². The molecule has 1 fully saturated rings. The first-order valence-electron chi connectivity index (χ1n) is 9.25. The number of aryl methyl sites for hydroxylation is 1. The van der Waals surface area contributed by atoms with Gasteiger partial charge in [-0.25, -0.2) is 0 Å². The number of rotatable bonds is 5. The van der Waals surface area contributed by atoms with Crippen molar-refractivity contribution in [2.45, 2.75) is 13.0 Å². The lowest BCUT2D eigenvalue weighted by molar-refractivity contribution is -0.140. The number of aliphatic hydroxyl groups is 1. The molecule has 0 radical (unpaired) electrons. The zero-order chi connectivity index (χ0) is 20.5. The predicted molar refractivity (Wildman–Crippen MR) is 105 cm³/mol. The molecule has 2 aromatic rings. The number of ketones is 1. The number of nitrogens with zero attached hydrogens (tertiary/aromatic N) is 1. The third kappa shape index (κ3) is 3.34. The number of hydrogen-bond acceptors (Lipinski definition) is 6. The lowest BCUT2D eigenvalue weighted by Crippen LogP contribution is -2.32. The number of hydrogen-bond donors (Lipinski definition) is 1. The van der Waals surface area contributed by atoms with Crippen molar-refractivity contribution >= 4 is 17.4 Å². The van der Waals surface area contributed by atoms with Crippen molar-refractivity contribution in [3.05, 3.63) is 64.7 Å². The highest BCUT2D eigenvalue weighted by molar-refractivity contribution is 6.46. The topological polar surface area (TPSA) is 85.3 Å². The molecule has 7 nitrogen and oxygen atoms in total. The Labute approximate surface area is 168 Å². The molecule has 0 aromatic heterocycles. The molecule has 2 aromatic carbocycles. The van der Waals surface area contributed by atoms with Crippen molar-refractivity contribution in [2.75, 3.05) is 27.1 Å². The molecule has 2 aliphatic rings. The van der Waals surface area contributed by atoms with Crippen molar-refractivity contribution in [1.29, 1.82) is 0 Å². The lowest BCUT2D eigenvalue weighted by Gasteiger charge is -2.25. The van der Waals surface area contributed by atoms with Crippen LogP contribution in [0.1, 0.15) is 22.7 Å². The minimum absolute atomic E-state index is 0.0515. The van der Waals surface area contributed by atoms with Crippen LogP contribution in [0.4, 0.5) is 0 Å². The molecule has 1 atom stereocenters.